The summed E-state index contributed by atoms with van der Waals surface area (Å²) in [6.07, 6.45) is 6.58. The molecule has 1 aromatic heterocycles. The van der Waals surface area contributed by atoms with E-state index in [2.05, 4.69) is 19.9 Å². The van der Waals surface area contributed by atoms with Crippen molar-refractivity contribution in [2.24, 2.45) is 5.92 Å². The van der Waals surface area contributed by atoms with E-state index in [4.69, 9.17) is 9.15 Å². The highest BCUT2D eigenvalue weighted by atomic mass is 16.5. The monoisotopic (exact) mass is 340 g/mol. The lowest BCUT2D eigenvalue weighted by Crippen LogP contribution is -2.19. The predicted octanol–water partition coefficient (Wildman–Crippen LogP) is 4.62. The number of esters is 1. The summed E-state index contributed by atoms with van der Waals surface area (Å²) in [5.41, 5.74) is 3.12. The van der Waals surface area contributed by atoms with Gasteiger partial charge in [0, 0.05) is 17.0 Å². The zero-order valence-electron chi connectivity index (χ0n) is 15.0. The van der Waals surface area contributed by atoms with Crippen LogP contribution in [-0.4, -0.2) is 5.97 Å². The Balaban J connectivity index is 1.89. The van der Waals surface area contributed by atoms with Crippen molar-refractivity contribution in [3.63, 3.8) is 0 Å². The van der Waals surface area contributed by atoms with Crippen LogP contribution in [-0.2, 0) is 16.1 Å². The van der Waals surface area contributed by atoms with Gasteiger partial charge in [0.1, 0.15) is 12.2 Å². The predicted molar refractivity (Wildman–Crippen MR) is 97.6 cm³/mol. The third-order valence-electron chi connectivity index (χ3n) is 4.81. The third-order valence-corrected chi connectivity index (χ3v) is 4.81. The molecule has 0 saturated heterocycles. The lowest BCUT2D eigenvalue weighted by Gasteiger charge is -2.17. The highest BCUT2D eigenvalue weighted by Crippen LogP contribution is 2.27. The molecule has 4 nitrogen and oxygen atoms in total. The van der Waals surface area contributed by atoms with Crippen LogP contribution in [0.2, 0.25) is 0 Å². The van der Waals surface area contributed by atoms with Crippen molar-refractivity contribution in [1.82, 2.24) is 0 Å². The molecule has 1 aromatic carbocycles. The molecule has 0 aliphatic heterocycles. The second-order valence-electron chi connectivity index (χ2n) is 7.04. The van der Waals surface area contributed by atoms with Crippen molar-refractivity contribution >= 4 is 16.9 Å². The van der Waals surface area contributed by atoms with Crippen molar-refractivity contribution < 1.29 is 13.9 Å². The molecule has 4 heteroatoms. The molecular formula is C21H24O4. The minimum Gasteiger partial charge on any atom is -0.461 e. The molecule has 0 bridgehead atoms. The van der Waals surface area contributed by atoms with Crippen LogP contribution in [0.5, 0.6) is 0 Å². The number of rotatable bonds is 4. The van der Waals surface area contributed by atoms with Crippen LogP contribution in [0.3, 0.4) is 0 Å². The molecule has 0 unspecified atom stereocenters. The lowest BCUT2D eigenvalue weighted by molar-refractivity contribution is -0.150. The molecule has 132 valence electrons. The molecule has 1 aliphatic rings. The van der Waals surface area contributed by atoms with E-state index in [0.29, 0.717) is 17.1 Å². The molecule has 25 heavy (non-hydrogen) atoms. The number of carbonyl (C=O) groups is 1. The maximum absolute atomic E-state index is 12.3. The summed E-state index contributed by atoms with van der Waals surface area (Å²) >= 11 is 0. The fourth-order valence-electron chi connectivity index (χ4n) is 3.41. The first-order valence-corrected chi connectivity index (χ1v) is 8.84. The molecular weight excluding hydrogens is 316 g/mol. The summed E-state index contributed by atoms with van der Waals surface area (Å²) in [7, 11) is 0. The van der Waals surface area contributed by atoms with Gasteiger partial charge in [-0.2, -0.15) is 0 Å². The molecule has 1 atom stereocenters. The number of allylic oxidation sites excluding steroid dienone is 2. The summed E-state index contributed by atoms with van der Waals surface area (Å²) in [5, 5.41) is 0.838. The fourth-order valence-corrected chi connectivity index (χ4v) is 3.41. The average molecular weight is 340 g/mol. The largest absolute Gasteiger partial charge is 0.461 e. The number of benzene rings is 1. The number of carbonyl (C=O) groups excluding carboxylic acids is 1. The average Bonchev–Trinajstić information content (AvgIpc) is 2.59. The Morgan fingerprint density at radius 3 is 2.76 bits per heavy atom. The van der Waals surface area contributed by atoms with Crippen LogP contribution >= 0.6 is 0 Å². The molecule has 0 saturated carbocycles. The normalized spacial score (nSPS) is 17.2. The first-order chi connectivity index (χ1) is 12.0. The maximum atomic E-state index is 12.3. The summed E-state index contributed by atoms with van der Waals surface area (Å²) in [4.78, 5) is 24.1. The van der Waals surface area contributed by atoms with Crippen LogP contribution < -0.4 is 5.63 Å². The van der Waals surface area contributed by atoms with Crippen molar-refractivity contribution in [1.29, 1.82) is 0 Å². The van der Waals surface area contributed by atoms with Crippen molar-refractivity contribution in [3.8, 4) is 0 Å². The van der Waals surface area contributed by atoms with E-state index in [0.717, 1.165) is 30.2 Å². The minimum absolute atomic E-state index is 0.0788. The standard InChI is InChI=1S/C21H24O4/c1-13(2)17-11-18-16(10-20(22)25-19(18)9-14(17)3)12-24-21(23)15-7-5-4-6-8-15/h4-5,9-11,13,15H,6-8,12H2,1-3H3/t15-/m0/s1. The Morgan fingerprint density at radius 2 is 2.08 bits per heavy atom. The zero-order chi connectivity index (χ0) is 18.0. The smallest absolute Gasteiger partial charge is 0.336 e. The van der Waals surface area contributed by atoms with Gasteiger partial charge in [-0.1, -0.05) is 26.0 Å². The molecule has 0 amide bonds. The van der Waals surface area contributed by atoms with E-state index < -0.39 is 5.63 Å². The molecule has 0 N–H and O–H groups in total. The summed E-state index contributed by atoms with van der Waals surface area (Å²) in [5.74, 6) is 0.0903. The van der Waals surface area contributed by atoms with Crippen molar-refractivity contribution in [2.75, 3.05) is 0 Å². The third kappa shape index (κ3) is 3.84. The number of fused-ring (bicyclic) bond motifs is 1. The summed E-state index contributed by atoms with van der Waals surface area (Å²) in [6.45, 7) is 6.37. The maximum Gasteiger partial charge on any atom is 0.336 e. The Morgan fingerprint density at radius 1 is 1.28 bits per heavy atom. The van der Waals surface area contributed by atoms with Gasteiger partial charge in [-0.25, -0.2) is 4.79 Å². The van der Waals surface area contributed by atoms with Crippen molar-refractivity contribution in [2.45, 2.75) is 52.6 Å². The molecule has 1 aliphatic carbocycles. The zero-order valence-corrected chi connectivity index (χ0v) is 15.0. The second kappa shape index (κ2) is 7.26. The van der Waals surface area contributed by atoms with E-state index in [1.807, 2.05) is 25.1 Å². The molecule has 0 fully saturated rings. The van der Waals surface area contributed by atoms with Crippen LogP contribution in [0.25, 0.3) is 11.0 Å². The Labute approximate surface area is 147 Å². The van der Waals surface area contributed by atoms with Gasteiger partial charge in [0.05, 0.1) is 5.92 Å². The van der Waals surface area contributed by atoms with E-state index >= 15 is 0 Å². The number of ether oxygens (including phenoxy) is 1. The van der Waals surface area contributed by atoms with E-state index in [1.54, 1.807) is 0 Å². The molecule has 2 aromatic rings. The summed E-state index contributed by atoms with van der Waals surface area (Å²) in [6, 6.07) is 5.37. The molecule has 0 spiro atoms. The van der Waals surface area contributed by atoms with E-state index in [-0.39, 0.29) is 18.5 Å². The van der Waals surface area contributed by atoms with Crippen LogP contribution in [0, 0.1) is 12.8 Å². The number of hydrogen-bond acceptors (Lipinski definition) is 4. The quantitative estimate of drug-likeness (QED) is 0.463. The van der Waals surface area contributed by atoms with Gasteiger partial charge in [-0.15, -0.1) is 0 Å². The van der Waals surface area contributed by atoms with E-state index in [1.165, 1.54) is 11.6 Å². The van der Waals surface area contributed by atoms with Gasteiger partial charge in [-0.05, 0) is 55.4 Å². The van der Waals surface area contributed by atoms with E-state index in [9.17, 15) is 9.59 Å². The SMILES string of the molecule is Cc1cc2oc(=O)cc(COC(=O)[C@H]3CC=CCC3)c2cc1C(C)C. The Hall–Kier alpha value is -2.36. The molecule has 3 rings (SSSR count). The summed E-state index contributed by atoms with van der Waals surface area (Å²) < 4.78 is 10.8. The van der Waals surface area contributed by atoms with Gasteiger partial charge in [0.15, 0.2) is 0 Å². The van der Waals surface area contributed by atoms with Crippen LogP contribution in [0.4, 0.5) is 0 Å². The molecule has 0 radical (unpaired) electrons. The fraction of sp³-hybridized carbons (Fsp3) is 0.429. The van der Waals surface area contributed by atoms with Gasteiger partial charge in [0.25, 0.3) is 0 Å². The molecule has 1 heterocycles. The Kier molecular flexibility index (Phi) is 5.07. The number of aryl methyl sites for hydroxylation is 1. The number of hydrogen-bond donors (Lipinski definition) is 0. The topological polar surface area (TPSA) is 56.5 Å². The van der Waals surface area contributed by atoms with Gasteiger partial charge in [-0.3, -0.25) is 4.79 Å². The second-order valence-corrected chi connectivity index (χ2v) is 7.04. The van der Waals surface area contributed by atoms with Crippen LogP contribution in [0.15, 0.2) is 39.6 Å². The highest BCUT2D eigenvalue weighted by Gasteiger charge is 2.21. The van der Waals surface area contributed by atoms with Gasteiger partial charge < -0.3 is 9.15 Å². The first kappa shape index (κ1) is 17.5. The first-order valence-electron chi connectivity index (χ1n) is 8.84. The van der Waals surface area contributed by atoms with Crippen LogP contribution in [0.1, 0.15) is 55.7 Å². The van der Waals surface area contributed by atoms with Gasteiger partial charge >= 0.3 is 11.6 Å². The van der Waals surface area contributed by atoms with Crippen molar-refractivity contribution in [3.05, 3.63) is 57.5 Å². The lowest BCUT2D eigenvalue weighted by atomic mass is 9.94. The highest BCUT2D eigenvalue weighted by molar-refractivity contribution is 5.82. The van der Waals surface area contributed by atoms with Gasteiger partial charge in [0.2, 0.25) is 0 Å². The minimum atomic E-state index is -0.421. The Bertz CT molecular complexity index is 873.